The van der Waals surface area contributed by atoms with Crippen LogP contribution in [0.4, 0.5) is 0 Å². The first kappa shape index (κ1) is 13.9. The lowest BCUT2D eigenvalue weighted by Crippen LogP contribution is -2.36. The fourth-order valence-electron chi connectivity index (χ4n) is 1.95. The van der Waals surface area contributed by atoms with E-state index in [-0.39, 0.29) is 22.2 Å². The summed E-state index contributed by atoms with van der Waals surface area (Å²) >= 11 is 0. The lowest BCUT2D eigenvalue weighted by molar-refractivity contribution is 0.594. The Morgan fingerprint density at radius 1 is 1.37 bits per heavy atom. The summed E-state index contributed by atoms with van der Waals surface area (Å²) in [7, 11) is 4.44. The lowest BCUT2D eigenvalue weighted by atomic mass is 9.96. The van der Waals surface area contributed by atoms with Crippen molar-refractivity contribution in [1.82, 2.24) is 14.5 Å². The van der Waals surface area contributed by atoms with E-state index in [4.69, 9.17) is 7.85 Å². The number of rotatable bonds is 2. The van der Waals surface area contributed by atoms with E-state index in [9.17, 15) is 9.00 Å². The van der Waals surface area contributed by atoms with Crippen molar-refractivity contribution in [2.24, 2.45) is 0 Å². The molecule has 98 valence electrons. The lowest BCUT2D eigenvalue weighted by Gasteiger charge is -2.15. The maximum atomic E-state index is 12.1. The van der Waals surface area contributed by atoms with Gasteiger partial charge < -0.3 is 0 Å². The van der Waals surface area contributed by atoms with Crippen LogP contribution >= 0.6 is 0 Å². The molecule has 0 saturated heterocycles. The Bertz CT molecular complexity index is 740. The van der Waals surface area contributed by atoms with Crippen LogP contribution in [0.2, 0.25) is 0 Å². The van der Waals surface area contributed by atoms with Crippen LogP contribution in [-0.2, 0) is 10.8 Å². The molecule has 0 fully saturated rings. The summed E-state index contributed by atoms with van der Waals surface area (Å²) in [6.07, 6.45) is 1.51. The van der Waals surface area contributed by atoms with Crippen molar-refractivity contribution in [3.63, 3.8) is 0 Å². The van der Waals surface area contributed by atoms with E-state index in [1.807, 2.05) is 13.8 Å². The van der Waals surface area contributed by atoms with Crippen molar-refractivity contribution in [2.75, 3.05) is 6.26 Å². The summed E-state index contributed by atoms with van der Waals surface area (Å²) in [5, 5.41) is 0.934. The monoisotopic (exact) mass is 275 g/mol. The molecule has 7 heteroatoms. The minimum Gasteiger partial charge on any atom is -0.291 e. The standard InChI is InChI=1S/C12H14BN3O2S/c1-6(2)16-10-8(5-9(13)11(16)17)7(3)14-12(15-10)19(4)18/h5-6H,1-4H3. The highest BCUT2D eigenvalue weighted by atomic mass is 32.2. The van der Waals surface area contributed by atoms with Crippen LogP contribution in [0.3, 0.4) is 0 Å². The Hall–Kier alpha value is -1.50. The molecule has 1 atom stereocenters. The third-order valence-electron chi connectivity index (χ3n) is 2.86. The topological polar surface area (TPSA) is 64.8 Å². The molecule has 0 bridgehead atoms. The highest BCUT2D eigenvalue weighted by Crippen LogP contribution is 2.16. The molecular formula is C12H14BN3O2S. The summed E-state index contributed by atoms with van der Waals surface area (Å²) in [4.78, 5) is 20.6. The minimum absolute atomic E-state index is 0.0917. The maximum Gasteiger partial charge on any atom is 0.245 e. The predicted molar refractivity (Wildman–Crippen MR) is 76.6 cm³/mol. The summed E-state index contributed by atoms with van der Waals surface area (Å²) in [5.41, 5.74) is 1.02. The van der Waals surface area contributed by atoms with Gasteiger partial charge in [-0.1, -0.05) is 6.07 Å². The summed E-state index contributed by atoms with van der Waals surface area (Å²) in [6.45, 7) is 5.54. The Kier molecular flexibility index (Phi) is 3.58. The van der Waals surface area contributed by atoms with Gasteiger partial charge in [-0.25, -0.2) is 9.97 Å². The van der Waals surface area contributed by atoms with Crippen molar-refractivity contribution in [3.05, 3.63) is 22.1 Å². The summed E-state index contributed by atoms with van der Waals surface area (Å²) in [5.74, 6) is 0. The van der Waals surface area contributed by atoms with E-state index in [2.05, 4.69) is 9.97 Å². The van der Waals surface area contributed by atoms with E-state index < -0.39 is 10.8 Å². The first-order valence-electron chi connectivity index (χ1n) is 5.85. The number of pyridine rings is 1. The SMILES string of the molecule is [B]c1cc2c(C)nc(S(C)=O)nc2n(C(C)C)c1=O. The van der Waals surface area contributed by atoms with Crippen LogP contribution in [0, 0.1) is 6.92 Å². The Morgan fingerprint density at radius 2 is 2.00 bits per heavy atom. The van der Waals surface area contributed by atoms with Crippen LogP contribution in [0.15, 0.2) is 16.0 Å². The van der Waals surface area contributed by atoms with Crippen molar-refractivity contribution < 1.29 is 4.21 Å². The summed E-state index contributed by atoms with van der Waals surface area (Å²) < 4.78 is 13.1. The molecule has 0 aliphatic carbocycles. The molecule has 0 spiro atoms. The molecule has 0 N–H and O–H groups in total. The second kappa shape index (κ2) is 4.88. The van der Waals surface area contributed by atoms with Crippen molar-refractivity contribution in [2.45, 2.75) is 32.0 Å². The molecule has 0 amide bonds. The highest BCUT2D eigenvalue weighted by molar-refractivity contribution is 7.84. The smallest absolute Gasteiger partial charge is 0.245 e. The molecular weight excluding hydrogens is 261 g/mol. The first-order chi connectivity index (χ1) is 8.82. The number of hydrogen-bond acceptors (Lipinski definition) is 4. The molecule has 0 saturated carbocycles. The van der Waals surface area contributed by atoms with Gasteiger partial charge >= 0.3 is 0 Å². The van der Waals surface area contributed by atoms with Gasteiger partial charge in [0.05, 0.1) is 16.5 Å². The van der Waals surface area contributed by atoms with Gasteiger partial charge in [0.1, 0.15) is 13.5 Å². The van der Waals surface area contributed by atoms with Crippen molar-refractivity contribution >= 4 is 35.1 Å². The van der Waals surface area contributed by atoms with Gasteiger partial charge in [0, 0.05) is 17.7 Å². The number of aryl methyl sites for hydroxylation is 1. The zero-order chi connectivity index (χ0) is 14.3. The number of fused-ring (bicyclic) bond motifs is 1. The van der Waals surface area contributed by atoms with Gasteiger partial charge in [-0.15, -0.1) is 0 Å². The molecule has 5 nitrogen and oxygen atoms in total. The second-order valence-electron chi connectivity index (χ2n) is 4.65. The van der Waals surface area contributed by atoms with Crippen LogP contribution in [0.25, 0.3) is 11.0 Å². The zero-order valence-corrected chi connectivity index (χ0v) is 12.1. The van der Waals surface area contributed by atoms with Gasteiger partial charge in [-0.05, 0) is 26.2 Å². The van der Waals surface area contributed by atoms with Gasteiger partial charge in [0.25, 0.3) is 0 Å². The number of nitrogens with zero attached hydrogens (tertiary/aromatic N) is 3. The van der Waals surface area contributed by atoms with Crippen molar-refractivity contribution in [1.29, 1.82) is 0 Å². The molecule has 2 heterocycles. The molecule has 2 aromatic rings. The van der Waals surface area contributed by atoms with E-state index in [1.54, 1.807) is 13.0 Å². The fraction of sp³-hybridized carbons (Fsp3) is 0.417. The third kappa shape index (κ3) is 2.34. The van der Waals surface area contributed by atoms with Crippen LogP contribution in [0.1, 0.15) is 25.6 Å². The summed E-state index contributed by atoms with van der Waals surface area (Å²) in [6, 6.07) is 1.49. The molecule has 19 heavy (non-hydrogen) atoms. The average molecular weight is 275 g/mol. The minimum atomic E-state index is -1.30. The highest BCUT2D eigenvalue weighted by Gasteiger charge is 2.15. The normalized spacial score (nSPS) is 13.1. The van der Waals surface area contributed by atoms with Gasteiger partial charge in [-0.2, -0.15) is 0 Å². The molecule has 0 aliphatic rings. The van der Waals surface area contributed by atoms with Gasteiger partial charge in [-0.3, -0.25) is 13.6 Å². The van der Waals surface area contributed by atoms with E-state index in [0.29, 0.717) is 16.7 Å². The predicted octanol–water partition coefficient (Wildman–Crippen LogP) is 0.212. The maximum absolute atomic E-state index is 12.1. The Morgan fingerprint density at radius 3 is 2.53 bits per heavy atom. The zero-order valence-electron chi connectivity index (χ0n) is 11.3. The van der Waals surface area contributed by atoms with Crippen molar-refractivity contribution in [3.8, 4) is 0 Å². The third-order valence-corrected chi connectivity index (χ3v) is 3.56. The molecule has 2 radical (unpaired) electrons. The average Bonchev–Trinajstić information content (AvgIpc) is 2.30. The van der Waals surface area contributed by atoms with Crippen LogP contribution < -0.4 is 11.0 Å². The van der Waals surface area contributed by atoms with E-state index >= 15 is 0 Å². The quantitative estimate of drug-likeness (QED) is 0.580. The molecule has 0 aliphatic heterocycles. The fourth-order valence-corrected chi connectivity index (χ4v) is 2.43. The molecule has 0 aromatic carbocycles. The first-order valence-corrected chi connectivity index (χ1v) is 7.41. The number of aromatic nitrogens is 3. The molecule has 2 rings (SSSR count). The van der Waals surface area contributed by atoms with E-state index in [1.165, 1.54) is 10.8 Å². The van der Waals surface area contributed by atoms with Crippen LogP contribution in [0.5, 0.6) is 0 Å². The second-order valence-corrected chi connectivity index (χ2v) is 5.92. The Labute approximate surface area is 114 Å². The van der Waals surface area contributed by atoms with Gasteiger partial charge in [0.2, 0.25) is 10.7 Å². The molecule has 1 unspecified atom stereocenters. The van der Waals surface area contributed by atoms with E-state index in [0.717, 1.165) is 0 Å². The van der Waals surface area contributed by atoms with Crippen LogP contribution in [-0.4, -0.2) is 32.8 Å². The molecule has 2 aromatic heterocycles. The largest absolute Gasteiger partial charge is 0.291 e. The Balaban J connectivity index is 3.00. The van der Waals surface area contributed by atoms with Gasteiger partial charge in [0.15, 0.2) is 0 Å². The number of hydrogen-bond donors (Lipinski definition) is 0.